The first-order valence-corrected chi connectivity index (χ1v) is 13.8. The number of aliphatic hydroxyl groups is 2. The molecule has 5 rings (SSSR count). The van der Waals surface area contributed by atoms with Gasteiger partial charge in [0.2, 0.25) is 0 Å². The smallest absolute Gasteiger partial charge is 0.0594 e. The first kappa shape index (κ1) is 23.4. The van der Waals surface area contributed by atoms with E-state index < -0.39 is 0 Å². The van der Waals surface area contributed by atoms with Crippen LogP contribution in [0.1, 0.15) is 113 Å². The SMILES string of the molecule is CC1(C)CC[C@@]2(CO)CC=C3[C@](C)(CC[C@@H]4[C@]5(C)CC[C@@H](O)C(C)(C)[C@@H]5CC[C@]34C)[C@H]2C1. The van der Waals surface area contributed by atoms with E-state index in [1.54, 1.807) is 5.57 Å². The van der Waals surface area contributed by atoms with Crippen LogP contribution in [0.5, 0.6) is 0 Å². The predicted molar refractivity (Wildman–Crippen MR) is 132 cm³/mol. The van der Waals surface area contributed by atoms with Gasteiger partial charge in [0, 0.05) is 12.0 Å². The number of allylic oxidation sites excluding steroid dienone is 2. The molecule has 0 saturated heterocycles. The molecule has 0 aromatic rings. The molecule has 0 aromatic carbocycles. The third-order valence-corrected chi connectivity index (χ3v) is 12.8. The number of fused-ring (bicyclic) bond motifs is 7. The molecule has 0 unspecified atom stereocenters. The highest BCUT2D eigenvalue weighted by molar-refractivity contribution is 5.35. The van der Waals surface area contributed by atoms with Crippen molar-refractivity contribution in [2.24, 2.45) is 50.2 Å². The predicted octanol–water partition coefficient (Wildman–Crippen LogP) is 7.14. The Hall–Kier alpha value is -0.340. The summed E-state index contributed by atoms with van der Waals surface area (Å²) in [6.07, 6.45) is 14.6. The van der Waals surface area contributed by atoms with Gasteiger partial charge in [0.25, 0.3) is 0 Å². The third kappa shape index (κ3) is 2.84. The lowest BCUT2D eigenvalue weighted by molar-refractivity contribution is -0.186. The standard InChI is InChI=1S/C30H50O2/c1-25(2)16-17-30(19-31)15-10-22-28(6)12-8-20-26(3,4)24(32)11-14-27(20,5)21(28)9-13-29(22,7)23(30)18-25/h10,20-21,23-24,31-32H,8-9,11-19H2,1-7H3/t20-,21+,23+,24+,27+,28-,29-,30+/m0/s1. The van der Waals surface area contributed by atoms with E-state index in [4.69, 9.17) is 0 Å². The van der Waals surface area contributed by atoms with E-state index in [0.29, 0.717) is 29.3 Å². The topological polar surface area (TPSA) is 40.5 Å². The molecule has 32 heavy (non-hydrogen) atoms. The summed E-state index contributed by atoms with van der Waals surface area (Å²) in [6.45, 7) is 17.8. The molecule has 4 fully saturated rings. The summed E-state index contributed by atoms with van der Waals surface area (Å²) in [7, 11) is 0. The molecule has 0 heterocycles. The van der Waals surface area contributed by atoms with Crippen LogP contribution in [0.3, 0.4) is 0 Å². The lowest BCUT2D eigenvalue weighted by atomic mass is 9.34. The Bertz CT molecular complexity index is 810. The molecule has 0 aromatic heterocycles. The van der Waals surface area contributed by atoms with Crippen molar-refractivity contribution in [3.05, 3.63) is 11.6 Å². The summed E-state index contributed by atoms with van der Waals surface area (Å²) in [5, 5.41) is 21.6. The molecule has 0 bridgehead atoms. The molecule has 4 saturated carbocycles. The molecule has 8 atom stereocenters. The van der Waals surface area contributed by atoms with Crippen molar-refractivity contribution < 1.29 is 10.2 Å². The van der Waals surface area contributed by atoms with Crippen LogP contribution in [0.4, 0.5) is 0 Å². The monoisotopic (exact) mass is 442 g/mol. The average molecular weight is 443 g/mol. The van der Waals surface area contributed by atoms with Gasteiger partial charge in [-0.2, -0.15) is 0 Å². The summed E-state index contributed by atoms with van der Waals surface area (Å²) in [6, 6.07) is 0. The van der Waals surface area contributed by atoms with Crippen LogP contribution in [-0.2, 0) is 0 Å². The first-order chi connectivity index (χ1) is 14.8. The van der Waals surface area contributed by atoms with E-state index in [1.165, 1.54) is 51.4 Å². The van der Waals surface area contributed by atoms with Crippen LogP contribution < -0.4 is 0 Å². The molecule has 0 aliphatic heterocycles. The second-order valence-electron chi connectivity index (χ2n) is 15.2. The van der Waals surface area contributed by atoms with E-state index in [0.717, 1.165) is 18.8 Å². The van der Waals surface area contributed by atoms with Crippen molar-refractivity contribution in [3.63, 3.8) is 0 Å². The van der Waals surface area contributed by atoms with E-state index in [9.17, 15) is 10.2 Å². The highest BCUT2D eigenvalue weighted by Gasteiger charge is 2.67. The molecule has 2 heteroatoms. The van der Waals surface area contributed by atoms with Gasteiger partial charge in [-0.15, -0.1) is 0 Å². The van der Waals surface area contributed by atoms with E-state index in [2.05, 4.69) is 54.5 Å². The van der Waals surface area contributed by atoms with Gasteiger partial charge in [-0.3, -0.25) is 0 Å². The van der Waals surface area contributed by atoms with Crippen molar-refractivity contribution in [2.75, 3.05) is 6.61 Å². The molecule has 0 radical (unpaired) electrons. The van der Waals surface area contributed by atoms with Crippen molar-refractivity contribution in [1.82, 2.24) is 0 Å². The number of hydrogen-bond acceptors (Lipinski definition) is 2. The molecule has 0 spiro atoms. The minimum Gasteiger partial charge on any atom is -0.396 e. The Kier molecular flexibility index (Phi) is 5.02. The van der Waals surface area contributed by atoms with Crippen molar-refractivity contribution in [2.45, 2.75) is 119 Å². The van der Waals surface area contributed by atoms with Gasteiger partial charge >= 0.3 is 0 Å². The van der Waals surface area contributed by atoms with Gasteiger partial charge in [0.1, 0.15) is 0 Å². The van der Waals surface area contributed by atoms with Crippen molar-refractivity contribution in [1.29, 1.82) is 0 Å². The molecule has 5 aliphatic carbocycles. The largest absolute Gasteiger partial charge is 0.396 e. The van der Waals surface area contributed by atoms with Gasteiger partial charge in [-0.25, -0.2) is 0 Å². The van der Waals surface area contributed by atoms with Crippen LogP contribution in [0.15, 0.2) is 11.6 Å². The lowest BCUT2D eigenvalue weighted by Gasteiger charge is -2.70. The fraction of sp³-hybridized carbons (Fsp3) is 0.933. The second-order valence-corrected chi connectivity index (χ2v) is 15.2. The van der Waals surface area contributed by atoms with Gasteiger partial charge in [-0.05, 0) is 109 Å². The zero-order chi connectivity index (χ0) is 23.4. The van der Waals surface area contributed by atoms with Gasteiger partial charge in [0.15, 0.2) is 0 Å². The summed E-state index contributed by atoms with van der Waals surface area (Å²) in [5.74, 6) is 1.95. The van der Waals surface area contributed by atoms with Gasteiger partial charge in [0.05, 0.1) is 6.10 Å². The van der Waals surface area contributed by atoms with E-state index >= 15 is 0 Å². The maximum absolute atomic E-state index is 10.9. The summed E-state index contributed by atoms with van der Waals surface area (Å²) in [4.78, 5) is 0. The molecule has 2 N–H and O–H groups in total. The fourth-order valence-electron chi connectivity index (χ4n) is 10.9. The number of rotatable bonds is 1. The highest BCUT2D eigenvalue weighted by atomic mass is 16.3. The molecule has 5 aliphatic rings. The number of aliphatic hydroxyl groups excluding tert-OH is 2. The van der Waals surface area contributed by atoms with Crippen LogP contribution in [0.25, 0.3) is 0 Å². The van der Waals surface area contributed by atoms with Crippen molar-refractivity contribution in [3.8, 4) is 0 Å². The minimum atomic E-state index is -0.151. The molecular weight excluding hydrogens is 392 g/mol. The summed E-state index contributed by atoms with van der Waals surface area (Å²) < 4.78 is 0. The zero-order valence-electron chi connectivity index (χ0n) is 22.1. The van der Waals surface area contributed by atoms with Gasteiger partial charge < -0.3 is 10.2 Å². The molecular formula is C30H50O2. The second kappa shape index (κ2) is 6.87. The van der Waals surface area contributed by atoms with Crippen LogP contribution >= 0.6 is 0 Å². The molecule has 2 nitrogen and oxygen atoms in total. The van der Waals surface area contributed by atoms with Crippen LogP contribution in [0, 0.1) is 50.2 Å². The Morgan fingerprint density at radius 1 is 0.781 bits per heavy atom. The Balaban J connectivity index is 1.57. The quantitative estimate of drug-likeness (QED) is 0.424. The van der Waals surface area contributed by atoms with E-state index in [1.807, 2.05) is 0 Å². The molecule has 182 valence electrons. The van der Waals surface area contributed by atoms with E-state index in [-0.39, 0.29) is 27.8 Å². The Morgan fingerprint density at radius 3 is 2.06 bits per heavy atom. The highest BCUT2D eigenvalue weighted by Crippen LogP contribution is 2.74. The lowest BCUT2D eigenvalue weighted by Crippen LogP contribution is -2.63. The Morgan fingerprint density at radius 2 is 1.41 bits per heavy atom. The normalized spacial score (nSPS) is 53.8. The minimum absolute atomic E-state index is 0.0233. The summed E-state index contributed by atoms with van der Waals surface area (Å²) >= 11 is 0. The first-order valence-electron chi connectivity index (χ1n) is 13.8. The fourth-order valence-corrected chi connectivity index (χ4v) is 10.9. The molecule has 0 amide bonds. The third-order valence-electron chi connectivity index (χ3n) is 12.8. The summed E-state index contributed by atoms with van der Waals surface area (Å²) in [5.41, 5.74) is 3.13. The van der Waals surface area contributed by atoms with Crippen LogP contribution in [-0.4, -0.2) is 22.9 Å². The van der Waals surface area contributed by atoms with Crippen molar-refractivity contribution >= 4 is 0 Å². The zero-order valence-corrected chi connectivity index (χ0v) is 22.1. The van der Waals surface area contributed by atoms with Gasteiger partial charge in [-0.1, -0.05) is 60.1 Å². The Labute approximate surface area is 197 Å². The maximum Gasteiger partial charge on any atom is 0.0594 e. The van der Waals surface area contributed by atoms with Crippen LogP contribution in [0.2, 0.25) is 0 Å². The number of hydrogen-bond donors (Lipinski definition) is 2. The maximum atomic E-state index is 10.9. The average Bonchev–Trinajstić information content (AvgIpc) is 2.71.